The molecule has 1 aromatic carbocycles. The molecular formula is C29H33Cl2N3O5. The zero-order chi connectivity index (χ0) is 27.8. The Morgan fingerprint density at radius 2 is 1.69 bits per heavy atom. The number of carbonyl (C=O) groups is 3. The number of methoxy groups -OCH3 is 2. The van der Waals surface area contributed by atoms with Gasteiger partial charge in [0.15, 0.2) is 0 Å². The van der Waals surface area contributed by atoms with Crippen LogP contribution in [0.15, 0.2) is 46.6 Å². The third-order valence-electron chi connectivity index (χ3n) is 8.59. The van der Waals surface area contributed by atoms with E-state index in [0.29, 0.717) is 42.2 Å². The van der Waals surface area contributed by atoms with E-state index in [2.05, 4.69) is 22.0 Å². The Kier molecular flexibility index (Phi) is 8.17. The summed E-state index contributed by atoms with van der Waals surface area (Å²) in [5.41, 5.74) is 1.15. The molecule has 8 nitrogen and oxygen atoms in total. The van der Waals surface area contributed by atoms with Crippen LogP contribution in [0.5, 0.6) is 0 Å². The molecule has 208 valence electrons. The van der Waals surface area contributed by atoms with Crippen LogP contribution >= 0.6 is 23.2 Å². The van der Waals surface area contributed by atoms with Crippen molar-refractivity contribution in [1.82, 2.24) is 9.80 Å². The molecule has 2 fully saturated rings. The Hall–Kier alpha value is -2.68. The quantitative estimate of drug-likeness (QED) is 0.373. The van der Waals surface area contributed by atoms with E-state index in [1.807, 2.05) is 4.90 Å². The van der Waals surface area contributed by atoms with E-state index in [1.165, 1.54) is 27.1 Å². The highest BCUT2D eigenvalue weighted by atomic mass is 35.5. The molecule has 1 saturated carbocycles. The van der Waals surface area contributed by atoms with E-state index in [9.17, 15) is 14.4 Å². The van der Waals surface area contributed by atoms with Crippen molar-refractivity contribution in [3.05, 3.63) is 57.2 Å². The van der Waals surface area contributed by atoms with Gasteiger partial charge in [-0.15, -0.1) is 0 Å². The Morgan fingerprint density at radius 3 is 2.26 bits per heavy atom. The smallest absolute Gasteiger partial charge is 0.336 e. The highest BCUT2D eigenvalue weighted by Gasteiger charge is 2.45. The van der Waals surface area contributed by atoms with Gasteiger partial charge in [0.05, 0.1) is 31.9 Å². The van der Waals surface area contributed by atoms with Crippen molar-refractivity contribution in [1.29, 1.82) is 0 Å². The highest BCUT2D eigenvalue weighted by Crippen LogP contribution is 2.46. The van der Waals surface area contributed by atoms with Crippen LogP contribution in [0.25, 0.3) is 0 Å². The van der Waals surface area contributed by atoms with E-state index < -0.39 is 23.8 Å². The summed E-state index contributed by atoms with van der Waals surface area (Å²) in [6.45, 7) is 4.55. The molecule has 39 heavy (non-hydrogen) atoms. The predicted molar refractivity (Wildman–Crippen MR) is 149 cm³/mol. The maximum absolute atomic E-state index is 13.5. The number of allylic oxidation sites excluding steroid dienone is 1. The molecule has 0 N–H and O–H groups in total. The Morgan fingerprint density at radius 1 is 1.00 bits per heavy atom. The molecule has 2 aliphatic heterocycles. The molecule has 1 saturated heterocycles. The maximum atomic E-state index is 13.5. The van der Waals surface area contributed by atoms with Crippen molar-refractivity contribution in [3.63, 3.8) is 0 Å². The molecule has 2 bridgehead atoms. The molecule has 1 amide bonds. The summed E-state index contributed by atoms with van der Waals surface area (Å²) in [5.74, 6) is -1.97. The van der Waals surface area contributed by atoms with Crippen LogP contribution in [0, 0.1) is 17.8 Å². The van der Waals surface area contributed by atoms with Gasteiger partial charge >= 0.3 is 11.9 Å². The van der Waals surface area contributed by atoms with Gasteiger partial charge in [-0.25, -0.2) is 4.79 Å². The molecule has 2 aliphatic carbocycles. The molecule has 1 aromatic rings. The van der Waals surface area contributed by atoms with Gasteiger partial charge in [0.2, 0.25) is 5.91 Å². The Bertz CT molecular complexity index is 1250. The summed E-state index contributed by atoms with van der Waals surface area (Å²) in [5, 5.41) is 0.574. The van der Waals surface area contributed by atoms with E-state index in [1.54, 1.807) is 25.1 Å². The fourth-order valence-electron chi connectivity index (χ4n) is 6.70. The van der Waals surface area contributed by atoms with Crippen LogP contribution in [0.3, 0.4) is 0 Å². The second kappa shape index (κ2) is 11.4. The number of fused-ring (bicyclic) bond motifs is 2. The molecule has 4 aliphatic rings. The molecule has 0 aromatic heterocycles. The van der Waals surface area contributed by atoms with Crippen molar-refractivity contribution in [2.24, 2.45) is 22.7 Å². The third-order valence-corrected chi connectivity index (χ3v) is 9.25. The maximum Gasteiger partial charge on any atom is 0.336 e. The van der Waals surface area contributed by atoms with Crippen molar-refractivity contribution < 1.29 is 23.9 Å². The standard InChI is InChI=1S/C29H33Cl2N3O5/c1-16-24(28(36)38-2)27(25-19(30)5-4-6-20(25)31)26(29(37)39-3)21(32-16)15-23(35)34-11-9-33(10-12-34)22-14-17-7-8-18(22)13-17/h4-8,17-18,22,24,27H,9-15H2,1-3H3. The first-order chi connectivity index (χ1) is 18.7. The fraction of sp³-hybridized carbons (Fsp3) is 0.517. The molecule has 5 rings (SSSR count). The number of rotatable bonds is 6. The van der Waals surface area contributed by atoms with E-state index >= 15 is 0 Å². The van der Waals surface area contributed by atoms with Crippen LogP contribution in [-0.2, 0) is 23.9 Å². The van der Waals surface area contributed by atoms with Gasteiger partial charge in [-0.05, 0) is 49.3 Å². The number of carbonyl (C=O) groups excluding carboxylic acids is 3. The van der Waals surface area contributed by atoms with Gasteiger partial charge in [0.25, 0.3) is 0 Å². The molecule has 5 unspecified atom stereocenters. The van der Waals surface area contributed by atoms with Gasteiger partial charge in [-0.2, -0.15) is 0 Å². The molecular weight excluding hydrogens is 541 g/mol. The second-order valence-corrected chi connectivity index (χ2v) is 11.5. The van der Waals surface area contributed by atoms with Gasteiger partial charge < -0.3 is 14.4 Å². The highest BCUT2D eigenvalue weighted by molar-refractivity contribution is 6.36. The van der Waals surface area contributed by atoms with Gasteiger partial charge in [0.1, 0.15) is 5.92 Å². The van der Waals surface area contributed by atoms with Crippen molar-refractivity contribution in [3.8, 4) is 0 Å². The van der Waals surface area contributed by atoms with Crippen LogP contribution < -0.4 is 0 Å². The van der Waals surface area contributed by atoms with Gasteiger partial charge in [-0.1, -0.05) is 41.4 Å². The first-order valence-electron chi connectivity index (χ1n) is 13.3. The lowest BCUT2D eigenvalue weighted by molar-refractivity contribution is -0.143. The normalized spacial score (nSPS) is 28.5. The first-order valence-corrected chi connectivity index (χ1v) is 14.1. The number of nitrogens with zero attached hydrogens (tertiary/aromatic N) is 3. The third kappa shape index (κ3) is 5.26. The van der Waals surface area contributed by atoms with E-state index in [-0.39, 0.29) is 33.6 Å². The van der Waals surface area contributed by atoms with Crippen LogP contribution in [-0.4, -0.2) is 79.8 Å². The van der Waals surface area contributed by atoms with E-state index in [0.717, 1.165) is 13.1 Å². The average Bonchev–Trinajstić information content (AvgIpc) is 3.56. The Labute approximate surface area is 238 Å². The number of aliphatic imine (C=N–C) groups is 1. The SMILES string of the molecule is COC(=O)C1=C(CC(=O)N2CCN(C3CC4C=CC3C4)CC2)N=C(C)C(C(=O)OC)C1c1c(Cl)cccc1Cl. The minimum atomic E-state index is -0.959. The number of esters is 2. The number of piperazine rings is 1. The summed E-state index contributed by atoms with van der Waals surface area (Å²) in [4.78, 5) is 48.7. The van der Waals surface area contributed by atoms with Gasteiger partial charge in [0, 0.05) is 53.9 Å². The molecule has 0 radical (unpaired) electrons. The average molecular weight is 575 g/mol. The molecule has 0 spiro atoms. The number of amides is 1. The monoisotopic (exact) mass is 573 g/mol. The molecule has 10 heteroatoms. The lowest BCUT2D eigenvalue weighted by atomic mass is 9.75. The number of hydrogen-bond acceptors (Lipinski definition) is 7. The summed E-state index contributed by atoms with van der Waals surface area (Å²) < 4.78 is 10.2. The summed E-state index contributed by atoms with van der Waals surface area (Å²) >= 11 is 13.1. The first kappa shape index (κ1) is 27.9. The fourth-order valence-corrected chi connectivity index (χ4v) is 7.33. The molecule has 2 heterocycles. The van der Waals surface area contributed by atoms with Crippen molar-refractivity contribution in [2.45, 2.75) is 38.1 Å². The number of hydrogen-bond donors (Lipinski definition) is 0. The predicted octanol–water partition coefficient (Wildman–Crippen LogP) is 4.27. The number of ether oxygens (including phenoxy) is 2. The minimum absolute atomic E-state index is 0.0919. The summed E-state index contributed by atoms with van der Waals surface area (Å²) in [6, 6.07) is 5.53. The Balaban J connectivity index is 1.42. The lowest BCUT2D eigenvalue weighted by Gasteiger charge is -2.40. The topological polar surface area (TPSA) is 88.5 Å². The number of halogens is 2. The zero-order valence-corrected chi connectivity index (χ0v) is 23.9. The van der Waals surface area contributed by atoms with Crippen LogP contribution in [0.4, 0.5) is 0 Å². The largest absolute Gasteiger partial charge is 0.468 e. The van der Waals surface area contributed by atoms with Gasteiger partial charge in [-0.3, -0.25) is 19.5 Å². The summed E-state index contributed by atoms with van der Waals surface area (Å²) in [6.07, 6.45) is 7.03. The van der Waals surface area contributed by atoms with Crippen molar-refractivity contribution in [2.75, 3.05) is 40.4 Å². The second-order valence-electron chi connectivity index (χ2n) is 10.7. The molecule has 5 atom stereocenters. The van der Waals surface area contributed by atoms with Crippen LogP contribution in [0.2, 0.25) is 10.0 Å². The minimum Gasteiger partial charge on any atom is -0.468 e. The van der Waals surface area contributed by atoms with Crippen molar-refractivity contribution >= 4 is 46.8 Å². The number of benzene rings is 1. The van der Waals surface area contributed by atoms with Crippen LogP contribution in [0.1, 0.15) is 37.7 Å². The summed E-state index contributed by atoms with van der Waals surface area (Å²) in [7, 11) is 2.52. The zero-order valence-electron chi connectivity index (χ0n) is 22.4. The lowest BCUT2D eigenvalue weighted by Crippen LogP contribution is -2.53. The van der Waals surface area contributed by atoms with E-state index in [4.69, 9.17) is 32.7 Å².